The fraction of sp³-hybridized carbons (Fsp3) is 0.333. The van der Waals surface area contributed by atoms with Gasteiger partial charge in [-0.05, 0) is 23.8 Å². The van der Waals surface area contributed by atoms with E-state index in [1.54, 1.807) is 18.2 Å². The summed E-state index contributed by atoms with van der Waals surface area (Å²) in [4.78, 5) is 22.0. The van der Waals surface area contributed by atoms with Gasteiger partial charge in [-0.15, -0.1) is 0 Å². The van der Waals surface area contributed by atoms with Crippen LogP contribution < -0.4 is 10.1 Å². The first-order valence-corrected chi connectivity index (χ1v) is 6.05. The Labute approximate surface area is 113 Å². The predicted octanol–water partition coefficient (Wildman–Crippen LogP) is 2.11. The standard InChI is InChI=1S/C12H14BrNO4/c1-7(15)14-11(6-12(16)17)9-5-8(18-2)3-4-10(9)13/h3-5,11H,6H2,1-2H3,(H,14,15)(H,16,17)/t11-/m0/s1. The van der Waals surface area contributed by atoms with E-state index in [4.69, 9.17) is 9.84 Å². The lowest BCUT2D eigenvalue weighted by Crippen LogP contribution is -2.28. The summed E-state index contributed by atoms with van der Waals surface area (Å²) >= 11 is 3.34. The highest BCUT2D eigenvalue weighted by Gasteiger charge is 2.19. The first kappa shape index (κ1) is 14.5. The van der Waals surface area contributed by atoms with Crippen molar-refractivity contribution < 1.29 is 19.4 Å². The number of ether oxygens (including phenoxy) is 1. The molecule has 0 saturated carbocycles. The van der Waals surface area contributed by atoms with Crippen LogP contribution in [-0.2, 0) is 9.59 Å². The van der Waals surface area contributed by atoms with E-state index in [-0.39, 0.29) is 12.3 Å². The van der Waals surface area contributed by atoms with Crippen LogP contribution in [0.25, 0.3) is 0 Å². The molecule has 0 aliphatic rings. The second kappa shape index (κ2) is 6.39. The van der Waals surface area contributed by atoms with Crippen molar-refractivity contribution in [2.24, 2.45) is 0 Å². The zero-order valence-corrected chi connectivity index (χ0v) is 11.7. The van der Waals surface area contributed by atoms with Crippen LogP contribution >= 0.6 is 15.9 Å². The molecule has 0 spiro atoms. The maximum atomic E-state index is 11.1. The van der Waals surface area contributed by atoms with Gasteiger partial charge < -0.3 is 15.2 Å². The molecule has 18 heavy (non-hydrogen) atoms. The summed E-state index contributed by atoms with van der Waals surface area (Å²) in [6, 6.07) is 4.61. The number of methoxy groups -OCH3 is 1. The number of halogens is 1. The minimum Gasteiger partial charge on any atom is -0.497 e. The highest BCUT2D eigenvalue weighted by atomic mass is 79.9. The fourth-order valence-electron chi connectivity index (χ4n) is 1.57. The van der Waals surface area contributed by atoms with Gasteiger partial charge in [0.1, 0.15) is 5.75 Å². The van der Waals surface area contributed by atoms with Gasteiger partial charge in [0, 0.05) is 11.4 Å². The number of carbonyl (C=O) groups is 2. The molecule has 0 fully saturated rings. The number of aliphatic carboxylic acids is 1. The van der Waals surface area contributed by atoms with Gasteiger partial charge in [-0.2, -0.15) is 0 Å². The minimum atomic E-state index is -0.983. The molecule has 6 heteroatoms. The molecule has 0 heterocycles. The van der Waals surface area contributed by atoms with Crippen LogP contribution in [-0.4, -0.2) is 24.1 Å². The average Bonchev–Trinajstić information content (AvgIpc) is 2.27. The summed E-state index contributed by atoms with van der Waals surface area (Å²) in [7, 11) is 1.53. The smallest absolute Gasteiger partial charge is 0.305 e. The molecule has 2 N–H and O–H groups in total. The van der Waals surface area contributed by atoms with Crippen LogP contribution in [0.1, 0.15) is 24.9 Å². The van der Waals surface area contributed by atoms with E-state index in [0.29, 0.717) is 11.3 Å². The highest BCUT2D eigenvalue weighted by Crippen LogP contribution is 2.29. The van der Waals surface area contributed by atoms with Gasteiger partial charge in [0.2, 0.25) is 5.91 Å². The number of amides is 1. The van der Waals surface area contributed by atoms with E-state index in [1.807, 2.05) is 0 Å². The Hall–Kier alpha value is -1.56. The molecule has 0 unspecified atom stereocenters. The summed E-state index contributed by atoms with van der Waals surface area (Å²) in [6.07, 6.45) is -0.189. The van der Waals surface area contributed by atoms with E-state index < -0.39 is 12.0 Å². The van der Waals surface area contributed by atoms with E-state index in [9.17, 15) is 9.59 Å². The van der Waals surface area contributed by atoms with Crippen molar-refractivity contribution in [1.29, 1.82) is 0 Å². The largest absolute Gasteiger partial charge is 0.497 e. The molecule has 1 atom stereocenters. The highest BCUT2D eigenvalue weighted by molar-refractivity contribution is 9.10. The van der Waals surface area contributed by atoms with E-state index in [1.165, 1.54) is 14.0 Å². The second-order valence-corrected chi connectivity index (χ2v) is 4.59. The van der Waals surface area contributed by atoms with Gasteiger partial charge in [-0.25, -0.2) is 0 Å². The van der Waals surface area contributed by atoms with E-state index in [0.717, 1.165) is 4.47 Å². The maximum Gasteiger partial charge on any atom is 0.305 e. The van der Waals surface area contributed by atoms with Crippen LogP contribution in [0.15, 0.2) is 22.7 Å². The molecule has 1 amide bonds. The van der Waals surface area contributed by atoms with Crippen molar-refractivity contribution in [2.45, 2.75) is 19.4 Å². The Morgan fingerprint density at radius 1 is 1.50 bits per heavy atom. The number of carbonyl (C=O) groups excluding carboxylic acids is 1. The average molecular weight is 316 g/mol. The molecular formula is C12H14BrNO4. The molecule has 1 rings (SSSR count). The van der Waals surface area contributed by atoms with Crippen molar-refractivity contribution in [2.75, 3.05) is 7.11 Å². The molecule has 0 aliphatic carbocycles. The summed E-state index contributed by atoms with van der Waals surface area (Å²) in [5, 5.41) is 11.5. The molecular weight excluding hydrogens is 302 g/mol. The van der Waals surface area contributed by atoms with Gasteiger partial charge in [0.25, 0.3) is 0 Å². The Balaban J connectivity index is 3.09. The van der Waals surface area contributed by atoms with Gasteiger partial charge in [0.05, 0.1) is 19.6 Å². The summed E-state index contributed by atoms with van der Waals surface area (Å²) < 4.78 is 5.81. The lowest BCUT2D eigenvalue weighted by molar-refractivity contribution is -0.137. The molecule has 5 nitrogen and oxygen atoms in total. The predicted molar refractivity (Wildman–Crippen MR) is 69.5 cm³/mol. The maximum absolute atomic E-state index is 11.1. The number of carboxylic acid groups (broad SMARTS) is 1. The van der Waals surface area contributed by atoms with Crippen LogP contribution in [0.3, 0.4) is 0 Å². The summed E-state index contributed by atoms with van der Waals surface area (Å²) in [5.74, 6) is -0.659. The third kappa shape index (κ3) is 4.03. The molecule has 1 aromatic rings. The number of rotatable bonds is 5. The molecule has 98 valence electrons. The van der Waals surface area contributed by atoms with Crippen LogP contribution in [0.5, 0.6) is 5.75 Å². The van der Waals surface area contributed by atoms with Gasteiger partial charge >= 0.3 is 5.97 Å². The normalized spacial score (nSPS) is 11.7. The third-order valence-electron chi connectivity index (χ3n) is 2.33. The number of hydrogen-bond donors (Lipinski definition) is 2. The zero-order chi connectivity index (χ0) is 13.7. The number of nitrogens with one attached hydrogen (secondary N) is 1. The van der Waals surface area contributed by atoms with Gasteiger partial charge in [0.15, 0.2) is 0 Å². The Morgan fingerprint density at radius 3 is 2.67 bits per heavy atom. The van der Waals surface area contributed by atoms with Crippen LogP contribution in [0.2, 0.25) is 0 Å². The van der Waals surface area contributed by atoms with Crippen LogP contribution in [0, 0.1) is 0 Å². The number of hydrogen-bond acceptors (Lipinski definition) is 3. The lowest BCUT2D eigenvalue weighted by atomic mass is 10.0. The Morgan fingerprint density at radius 2 is 2.17 bits per heavy atom. The lowest BCUT2D eigenvalue weighted by Gasteiger charge is -2.18. The van der Waals surface area contributed by atoms with Crippen molar-refractivity contribution >= 4 is 27.8 Å². The third-order valence-corrected chi connectivity index (χ3v) is 3.06. The van der Waals surface area contributed by atoms with Gasteiger partial charge in [-0.1, -0.05) is 15.9 Å². The van der Waals surface area contributed by atoms with Crippen LogP contribution in [0.4, 0.5) is 0 Å². The Kier molecular flexibility index (Phi) is 5.15. The first-order valence-electron chi connectivity index (χ1n) is 5.26. The SMILES string of the molecule is COc1ccc(Br)c([C@H](CC(=O)O)NC(C)=O)c1. The van der Waals surface area contributed by atoms with Crippen molar-refractivity contribution in [3.05, 3.63) is 28.2 Å². The molecule has 0 radical (unpaired) electrons. The molecule has 0 saturated heterocycles. The van der Waals surface area contributed by atoms with Crippen molar-refractivity contribution in [3.8, 4) is 5.75 Å². The van der Waals surface area contributed by atoms with E-state index >= 15 is 0 Å². The summed E-state index contributed by atoms with van der Waals surface area (Å²) in [6.45, 7) is 1.35. The monoisotopic (exact) mass is 315 g/mol. The first-order chi connectivity index (χ1) is 8.43. The number of benzene rings is 1. The van der Waals surface area contributed by atoms with Gasteiger partial charge in [-0.3, -0.25) is 9.59 Å². The van der Waals surface area contributed by atoms with Crippen molar-refractivity contribution in [1.82, 2.24) is 5.32 Å². The second-order valence-electron chi connectivity index (χ2n) is 3.74. The minimum absolute atomic E-state index is 0.189. The molecule has 1 aromatic carbocycles. The van der Waals surface area contributed by atoms with Crippen molar-refractivity contribution in [3.63, 3.8) is 0 Å². The zero-order valence-electron chi connectivity index (χ0n) is 10.1. The topological polar surface area (TPSA) is 75.6 Å². The molecule has 0 aliphatic heterocycles. The van der Waals surface area contributed by atoms with E-state index in [2.05, 4.69) is 21.2 Å². The fourth-order valence-corrected chi connectivity index (χ4v) is 2.10. The number of carboxylic acids is 1. The quantitative estimate of drug-likeness (QED) is 0.872. The molecule has 0 bridgehead atoms. The molecule has 0 aromatic heterocycles. The Bertz CT molecular complexity index is 445. The summed E-state index contributed by atoms with van der Waals surface area (Å²) in [5.41, 5.74) is 0.673.